The van der Waals surface area contributed by atoms with Crippen LogP contribution in [-0.2, 0) is 16.0 Å². The number of halogens is 3. The third-order valence-corrected chi connectivity index (χ3v) is 12.1. The fourth-order valence-corrected chi connectivity index (χ4v) is 7.28. The number of rotatable bonds is 13. The molecule has 1 saturated carbocycles. The van der Waals surface area contributed by atoms with Crippen LogP contribution in [0.2, 0.25) is 0 Å². The molecule has 9 nitrogen and oxygen atoms in total. The molecular formula is C42H50Cl3N3O6. The van der Waals surface area contributed by atoms with E-state index in [1.807, 2.05) is 29.2 Å². The van der Waals surface area contributed by atoms with Crippen molar-refractivity contribution in [1.29, 1.82) is 0 Å². The van der Waals surface area contributed by atoms with Crippen molar-refractivity contribution in [3.63, 3.8) is 0 Å². The molecule has 2 bridgehead atoms. The molecule has 1 unspecified atom stereocenters. The molecule has 12 heteroatoms. The molecule has 0 aromatic heterocycles. The van der Waals surface area contributed by atoms with Crippen LogP contribution in [-0.4, -0.2) is 89.3 Å². The Balaban J connectivity index is 1.28. The van der Waals surface area contributed by atoms with Crippen molar-refractivity contribution in [1.82, 2.24) is 15.1 Å². The molecule has 2 amide bonds. The fraction of sp³-hybridized carbons (Fsp3) is 0.476. The van der Waals surface area contributed by atoms with Gasteiger partial charge in [0.2, 0.25) is 3.79 Å². The minimum Gasteiger partial charge on any atom is -0.497 e. The van der Waals surface area contributed by atoms with Gasteiger partial charge in [0.05, 0.1) is 32.3 Å². The van der Waals surface area contributed by atoms with Gasteiger partial charge in [-0.25, -0.2) is 4.79 Å². The molecule has 6 rings (SSSR count). The zero-order valence-corrected chi connectivity index (χ0v) is 34.1. The predicted molar refractivity (Wildman–Crippen MR) is 214 cm³/mol. The molecule has 1 saturated heterocycles. The highest BCUT2D eigenvalue weighted by Gasteiger charge is 2.50. The number of piperazine rings is 1. The summed E-state index contributed by atoms with van der Waals surface area (Å²) in [7, 11) is 1.62. The summed E-state index contributed by atoms with van der Waals surface area (Å²) >= 11 is 18.7. The number of nitrogens with zero attached hydrogens (tertiary/aromatic N) is 2. The highest BCUT2D eigenvalue weighted by molar-refractivity contribution is 6.68. The Morgan fingerprint density at radius 3 is 2.19 bits per heavy atom. The summed E-state index contributed by atoms with van der Waals surface area (Å²) in [5.41, 5.74) is 5.64. The molecule has 3 aromatic carbocycles. The number of hydrogen-bond acceptors (Lipinski definition) is 7. The maximum Gasteiger partial charge on any atom is 0.411 e. The Morgan fingerprint density at radius 1 is 0.870 bits per heavy atom. The van der Waals surface area contributed by atoms with Crippen LogP contribution in [0.15, 0.2) is 66.2 Å². The number of methoxy groups -OCH3 is 1. The van der Waals surface area contributed by atoms with E-state index in [-0.39, 0.29) is 18.0 Å². The van der Waals surface area contributed by atoms with E-state index >= 15 is 0 Å². The molecule has 290 valence electrons. The summed E-state index contributed by atoms with van der Waals surface area (Å²) in [5.74, 6) is 2.26. The second kappa shape index (κ2) is 16.6. The molecule has 0 spiro atoms. The summed E-state index contributed by atoms with van der Waals surface area (Å²) in [6, 6.07) is 19.2. The molecule has 3 aliphatic rings. The number of carbonyl (C=O) groups is 2. The van der Waals surface area contributed by atoms with Gasteiger partial charge in [-0.3, -0.25) is 9.69 Å². The summed E-state index contributed by atoms with van der Waals surface area (Å²) in [6.45, 7) is 11.5. The lowest BCUT2D eigenvalue weighted by Crippen LogP contribution is -2.64. The lowest BCUT2D eigenvalue weighted by molar-refractivity contribution is -0.129. The van der Waals surface area contributed by atoms with E-state index in [1.54, 1.807) is 25.9 Å². The fourth-order valence-electron chi connectivity index (χ4n) is 7.16. The smallest absolute Gasteiger partial charge is 0.411 e. The van der Waals surface area contributed by atoms with Gasteiger partial charge in [-0.15, -0.1) is 0 Å². The standard InChI is InChI=1S/C42H50Cl3N3O6/c1-26-7-8-27(2)38(28(26)3)53-21-19-29-9-11-30(12-10-29)35-23-32-24-46-25-36(48(32)40(50)54-41(4,5)42(43,44)45)37(35)39(49)47(31-13-14-31)20-22-52-34-17-15-33(51-6)16-18-34/h7-12,15-18,31-32,36,46H,13-14,19-25H2,1-6H3/t32?,36-/m1/s1. The second-order valence-corrected chi connectivity index (χ2v) is 17.2. The molecule has 2 heterocycles. The molecule has 2 atom stereocenters. The van der Waals surface area contributed by atoms with Gasteiger partial charge >= 0.3 is 6.09 Å². The van der Waals surface area contributed by atoms with E-state index in [1.165, 1.54) is 5.56 Å². The lowest BCUT2D eigenvalue weighted by Gasteiger charge is -2.48. The van der Waals surface area contributed by atoms with Crippen molar-refractivity contribution in [2.24, 2.45) is 0 Å². The number of carbonyl (C=O) groups excluding carboxylic acids is 2. The van der Waals surface area contributed by atoms with Crippen LogP contribution in [0.4, 0.5) is 4.79 Å². The topological polar surface area (TPSA) is 89.6 Å². The molecule has 54 heavy (non-hydrogen) atoms. The molecule has 1 aliphatic carbocycles. The van der Waals surface area contributed by atoms with Gasteiger partial charge in [0.15, 0.2) is 5.60 Å². The first-order chi connectivity index (χ1) is 25.7. The highest BCUT2D eigenvalue weighted by atomic mass is 35.6. The summed E-state index contributed by atoms with van der Waals surface area (Å²) in [4.78, 5) is 32.5. The van der Waals surface area contributed by atoms with Crippen molar-refractivity contribution in [2.45, 2.75) is 87.8 Å². The Morgan fingerprint density at radius 2 is 1.54 bits per heavy atom. The normalized spacial score (nSPS) is 18.6. The summed E-state index contributed by atoms with van der Waals surface area (Å²) in [5, 5.41) is 3.46. The van der Waals surface area contributed by atoms with Crippen LogP contribution < -0.4 is 19.5 Å². The van der Waals surface area contributed by atoms with Gasteiger partial charge in [0.1, 0.15) is 23.9 Å². The van der Waals surface area contributed by atoms with Gasteiger partial charge in [-0.05, 0) is 112 Å². The van der Waals surface area contributed by atoms with Crippen molar-refractivity contribution >= 4 is 52.4 Å². The van der Waals surface area contributed by atoms with E-state index in [9.17, 15) is 9.59 Å². The van der Waals surface area contributed by atoms with E-state index in [0.717, 1.165) is 58.6 Å². The maximum absolute atomic E-state index is 14.9. The number of fused-ring (bicyclic) bond motifs is 2. The molecule has 0 radical (unpaired) electrons. The molecular weight excluding hydrogens is 749 g/mol. The van der Waals surface area contributed by atoms with Gasteiger partial charge in [-0.2, -0.15) is 0 Å². The average molecular weight is 799 g/mol. The summed E-state index contributed by atoms with van der Waals surface area (Å²) < 4.78 is 21.6. The monoisotopic (exact) mass is 797 g/mol. The third-order valence-electron chi connectivity index (χ3n) is 10.7. The molecule has 2 aliphatic heterocycles. The molecule has 1 N–H and O–H groups in total. The Hall–Kier alpha value is -3.63. The largest absolute Gasteiger partial charge is 0.497 e. The first-order valence-electron chi connectivity index (χ1n) is 18.6. The number of hydrogen-bond donors (Lipinski definition) is 1. The van der Waals surface area contributed by atoms with Crippen molar-refractivity contribution in [3.8, 4) is 17.2 Å². The minimum absolute atomic E-state index is 0.0896. The number of benzene rings is 3. The van der Waals surface area contributed by atoms with Crippen LogP contribution in [0.5, 0.6) is 17.2 Å². The Labute approximate surface area is 333 Å². The van der Waals surface area contributed by atoms with Crippen LogP contribution >= 0.6 is 34.8 Å². The van der Waals surface area contributed by atoms with Gasteiger partial charge < -0.3 is 29.2 Å². The molecule has 2 fully saturated rings. The number of alkyl halides is 3. The highest BCUT2D eigenvalue weighted by Crippen LogP contribution is 2.43. The quantitative estimate of drug-likeness (QED) is 0.174. The van der Waals surface area contributed by atoms with Crippen molar-refractivity contribution in [3.05, 3.63) is 94.1 Å². The number of ether oxygens (including phenoxy) is 4. The van der Waals surface area contributed by atoms with Gasteiger partial charge in [0, 0.05) is 31.1 Å². The second-order valence-electron chi connectivity index (χ2n) is 14.9. The van der Waals surface area contributed by atoms with Crippen LogP contribution in [0, 0.1) is 20.8 Å². The predicted octanol–water partition coefficient (Wildman–Crippen LogP) is 8.40. The van der Waals surface area contributed by atoms with E-state index < -0.39 is 21.5 Å². The first kappa shape index (κ1) is 40.0. The number of amides is 2. The first-order valence-corrected chi connectivity index (χ1v) is 19.7. The van der Waals surface area contributed by atoms with E-state index in [0.29, 0.717) is 50.6 Å². The third kappa shape index (κ3) is 8.91. The lowest BCUT2D eigenvalue weighted by atomic mass is 9.81. The number of aryl methyl sites for hydroxylation is 2. The van der Waals surface area contributed by atoms with Crippen molar-refractivity contribution < 1.29 is 28.5 Å². The zero-order chi connectivity index (χ0) is 38.8. The van der Waals surface area contributed by atoms with Crippen molar-refractivity contribution in [2.75, 3.05) is 40.0 Å². The van der Waals surface area contributed by atoms with E-state index in [4.69, 9.17) is 53.8 Å². The SMILES string of the molecule is COc1ccc(OCCN(C(=O)C2=C(c3ccc(CCOc4c(C)ccc(C)c4C)cc3)CC3CNC[C@H]2N3C(=O)OC(C)(C)C(Cl)(Cl)Cl)C2CC2)cc1. The van der Waals surface area contributed by atoms with Crippen LogP contribution in [0.1, 0.15) is 60.9 Å². The average Bonchev–Trinajstić information content (AvgIpc) is 3.98. The van der Waals surface area contributed by atoms with Crippen LogP contribution in [0.3, 0.4) is 0 Å². The Kier molecular flexibility index (Phi) is 12.3. The number of nitrogens with one attached hydrogen (secondary N) is 1. The van der Waals surface area contributed by atoms with Gasteiger partial charge in [-0.1, -0.05) is 71.2 Å². The van der Waals surface area contributed by atoms with Gasteiger partial charge in [0.25, 0.3) is 5.91 Å². The van der Waals surface area contributed by atoms with E-state index in [2.05, 4.69) is 62.5 Å². The Bertz CT molecular complexity index is 1850. The maximum atomic E-state index is 14.9. The zero-order valence-electron chi connectivity index (χ0n) is 31.8. The minimum atomic E-state index is -1.86. The molecule has 3 aromatic rings. The van der Waals surface area contributed by atoms with Crippen LogP contribution in [0.25, 0.3) is 5.57 Å². The summed E-state index contributed by atoms with van der Waals surface area (Å²) in [6.07, 6.45) is 2.37.